The second-order valence-corrected chi connectivity index (χ2v) is 5.39. The molecule has 1 aliphatic heterocycles. The third-order valence-electron chi connectivity index (χ3n) is 3.28. The Morgan fingerprint density at radius 3 is 2.35 bits per heavy atom. The first-order valence-electron chi connectivity index (χ1n) is 5.98. The number of halogens is 4. The van der Waals surface area contributed by atoms with Crippen molar-refractivity contribution in [1.82, 2.24) is 9.88 Å². The van der Waals surface area contributed by atoms with Crippen LogP contribution in [0.1, 0.15) is 20.7 Å². The highest BCUT2D eigenvalue weighted by molar-refractivity contribution is 9.10. The van der Waals surface area contributed by atoms with Crippen LogP contribution in [0, 0.1) is 17.5 Å². The summed E-state index contributed by atoms with van der Waals surface area (Å²) >= 11 is 2.53. The highest BCUT2D eigenvalue weighted by atomic mass is 79.9. The van der Waals surface area contributed by atoms with E-state index in [1.165, 1.54) is 0 Å². The molecule has 0 saturated heterocycles. The van der Waals surface area contributed by atoms with Crippen molar-refractivity contribution in [3.05, 3.63) is 55.5 Å². The SMILES string of the molecule is Nc1c2c(cc(=O)n1-c1cc(F)c(F)c(Br)c1F)C(=O)NC2=O. The number of nitrogens with one attached hydrogen (secondary N) is 1. The van der Waals surface area contributed by atoms with E-state index in [1.54, 1.807) is 0 Å². The molecule has 1 aromatic carbocycles. The van der Waals surface area contributed by atoms with Gasteiger partial charge in [0.25, 0.3) is 17.4 Å². The fourth-order valence-corrected chi connectivity index (χ4v) is 2.64. The van der Waals surface area contributed by atoms with Gasteiger partial charge < -0.3 is 5.73 Å². The highest BCUT2D eigenvalue weighted by Crippen LogP contribution is 2.30. The molecular weight excluding hydrogens is 383 g/mol. The van der Waals surface area contributed by atoms with Gasteiger partial charge in [0.05, 0.1) is 21.3 Å². The molecule has 0 bridgehead atoms. The van der Waals surface area contributed by atoms with Crippen LogP contribution < -0.4 is 16.6 Å². The molecule has 0 aliphatic carbocycles. The van der Waals surface area contributed by atoms with Crippen LogP contribution in [0.3, 0.4) is 0 Å². The fraction of sp³-hybridized carbons (Fsp3) is 0. The first-order chi connectivity index (χ1) is 10.7. The van der Waals surface area contributed by atoms with Gasteiger partial charge in [-0.15, -0.1) is 0 Å². The molecule has 118 valence electrons. The Labute approximate surface area is 133 Å². The van der Waals surface area contributed by atoms with Crippen molar-refractivity contribution >= 4 is 33.6 Å². The number of carbonyl (C=O) groups is 2. The van der Waals surface area contributed by atoms with Gasteiger partial charge in [0.15, 0.2) is 17.5 Å². The van der Waals surface area contributed by atoms with E-state index in [0.717, 1.165) is 6.07 Å². The highest BCUT2D eigenvalue weighted by Gasteiger charge is 2.32. The van der Waals surface area contributed by atoms with E-state index in [9.17, 15) is 27.6 Å². The lowest BCUT2D eigenvalue weighted by atomic mass is 10.1. The molecule has 2 aromatic rings. The standard InChI is InChI=1S/C13H5BrF3N3O3/c14-8-9(16)4(15)2-5(10(8)17)20-6(21)1-3-7(11(20)18)13(23)19-12(3)22/h1-2H,18H2,(H,19,22,23). The fourth-order valence-electron chi connectivity index (χ4n) is 2.25. The molecule has 0 unspecified atom stereocenters. The van der Waals surface area contributed by atoms with Gasteiger partial charge >= 0.3 is 0 Å². The third-order valence-corrected chi connectivity index (χ3v) is 3.97. The number of aromatic nitrogens is 1. The molecule has 1 aliphatic rings. The van der Waals surface area contributed by atoms with E-state index in [-0.39, 0.29) is 11.1 Å². The molecule has 0 atom stereocenters. The van der Waals surface area contributed by atoms with Gasteiger partial charge in [-0.1, -0.05) is 0 Å². The summed E-state index contributed by atoms with van der Waals surface area (Å²) in [6.07, 6.45) is 0. The number of rotatable bonds is 1. The van der Waals surface area contributed by atoms with Crippen LogP contribution in [0.2, 0.25) is 0 Å². The molecular formula is C13H5BrF3N3O3. The lowest BCUT2D eigenvalue weighted by Crippen LogP contribution is -2.25. The molecule has 0 radical (unpaired) electrons. The van der Waals surface area contributed by atoms with Crippen LogP contribution in [0.4, 0.5) is 19.0 Å². The summed E-state index contributed by atoms with van der Waals surface area (Å²) in [7, 11) is 0. The van der Waals surface area contributed by atoms with Crippen LogP contribution in [0.25, 0.3) is 5.69 Å². The van der Waals surface area contributed by atoms with Crippen LogP contribution >= 0.6 is 15.9 Å². The number of amides is 2. The number of carbonyl (C=O) groups excluding carboxylic acids is 2. The number of imide groups is 1. The van der Waals surface area contributed by atoms with Crippen molar-refractivity contribution in [1.29, 1.82) is 0 Å². The van der Waals surface area contributed by atoms with Crippen molar-refractivity contribution in [3.63, 3.8) is 0 Å². The van der Waals surface area contributed by atoms with Crippen LogP contribution in [0.5, 0.6) is 0 Å². The van der Waals surface area contributed by atoms with Crippen molar-refractivity contribution in [2.24, 2.45) is 0 Å². The van der Waals surface area contributed by atoms with Crippen LogP contribution in [-0.4, -0.2) is 16.4 Å². The molecule has 10 heteroatoms. The number of nitrogens with zero attached hydrogens (tertiary/aromatic N) is 1. The number of pyridine rings is 1. The van der Waals surface area contributed by atoms with Gasteiger partial charge in [0, 0.05) is 12.1 Å². The summed E-state index contributed by atoms with van der Waals surface area (Å²) in [5.74, 6) is -6.46. The third kappa shape index (κ3) is 2.05. The molecule has 0 saturated carbocycles. The summed E-state index contributed by atoms with van der Waals surface area (Å²) < 4.78 is 40.7. The van der Waals surface area contributed by atoms with E-state index in [0.29, 0.717) is 10.6 Å². The molecule has 0 spiro atoms. The number of fused-ring (bicyclic) bond motifs is 1. The summed E-state index contributed by atoms with van der Waals surface area (Å²) in [4.78, 5) is 35.3. The number of hydrogen-bond acceptors (Lipinski definition) is 4. The number of anilines is 1. The molecule has 1 aromatic heterocycles. The number of benzene rings is 1. The van der Waals surface area contributed by atoms with Crippen molar-refractivity contribution < 1.29 is 22.8 Å². The zero-order chi connectivity index (χ0) is 17.0. The maximum atomic E-state index is 14.2. The summed E-state index contributed by atoms with van der Waals surface area (Å²) in [6.45, 7) is 0. The summed E-state index contributed by atoms with van der Waals surface area (Å²) in [6, 6.07) is 1.19. The Kier molecular flexibility index (Phi) is 3.29. The van der Waals surface area contributed by atoms with Crippen molar-refractivity contribution in [2.75, 3.05) is 5.73 Å². The minimum atomic E-state index is -1.48. The Balaban J connectivity index is 2.41. The first kappa shape index (κ1) is 15.3. The van der Waals surface area contributed by atoms with Crippen LogP contribution in [0.15, 0.2) is 21.4 Å². The minimum Gasteiger partial charge on any atom is -0.384 e. The minimum absolute atomic E-state index is 0.268. The molecule has 2 heterocycles. The second-order valence-electron chi connectivity index (χ2n) is 4.59. The largest absolute Gasteiger partial charge is 0.384 e. The van der Waals surface area contributed by atoms with E-state index < -0.39 is 50.8 Å². The van der Waals surface area contributed by atoms with E-state index in [2.05, 4.69) is 15.9 Å². The molecule has 3 N–H and O–H groups in total. The first-order valence-corrected chi connectivity index (χ1v) is 6.78. The lowest BCUT2D eigenvalue weighted by molar-refractivity contribution is 0.0880. The molecule has 2 amide bonds. The van der Waals surface area contributed by atoms with Crippen LogP contribution in [-0.2, 0) is 0 Å². The second kappa shape index (κ2) is 4.95. The Morgan fingerprint density at radius 1 is 1.04 bits per heavy atom. The van der Waals surface area contributed by atoms with E-state index in [4.69, 9.17) is 5.73 Å². The zero-order valence-electron chi connectivity index (χ0n) is 10.9. The van der Waals surface area contributed by atoms with Crippen molar-refractivity contribution in [3.8, 4) is 5.69 Å². The Hall–Kier alpha value is -2.62. The van der Waals surface area contributed by atoms with Gasteiger partial charge in [-0.3, -0.25) is 24.3 Å². The Morgan fingerprint density at radius 2 is 1.70 bits per heavy atom. The smallest absolute Gasteiger partial charge is 0.262 e. The topological polar surface area (TPSA) is 94.2 Å². The van der Waals surface area contributed by atoms with E-state index >= 15 is 0 Å². The summed E-state index contributed by atoms with van der Waals surface area (Å²) in [5.41, 5.74) is 3.39. The van der Waals surface area contributed by atoms with Gasteiger partial charge in [0.2, 0.25) is 0 Å². The predicted molar refractivity (Wildman–Crippen MR) is 75.8 cm³/mol. The van der Waals surface area contributed by atoms with Gasteiger partial charge in [-0.25, -0.2) is 13.2 Å². The summed E-state index contributed by atoms with van der Waals surface area (Å²) in [5, 5.41) is 1.93. The number of nitrogen functional groups attached to an aromatic ring is 1. The Bertz CT molecular complexity index is 971. The maximum absolute atomic E-state index is 14.2. The molecule has 0 fully saturated rings. The van der Waals surface area contributed by atoms with Gasteiger partial charge in [-0.2, -0.15) is 0 Å². The molecule has 6 nitrogen and oxygen atoms in total. The monoisotopic (exact) mass is 387 g/mol. The maximum Gasteiger partial charge on any atom is 0.262 e. The van der Waals surface area contributed by atoms with E-state index in [1.807, 2.05) is 5.32 Å². The number of hydrogen-bond donors (Lipinski definition) is 2. The predicted octanol–water partition coefficient (Wildman–Crippen LogP) is 1.48. The van der Waals surface area contributed by atoms with Gasteiger partial charge in [0.1, 0.15) is 5.82 Å². The molecule has 23 heavy (non-hydrogen) atoms. The van der Waals surface area contributed by atoms with Gasteiger partial charge in [-0.05, 0) is 15.9 Å². The quantitative estimate of drug-likeness (QED) is 0.440. The average Bonchev–Trinajstić information content (AvgIpc) is 2.76. The van der Waals surface area contributed by atoms with Crippen molar-refractivity contribution in [2.45, 2.75) is 0 Å². The zero-order valence-corrected chi connectivity index (χ0v) is 12.5. The number of nitrogens with two attached hydrogens (primary N) is 1. The lowest BCUT2D eigenvalue weighted by Gasteiger charge is -2.14. The molecule has 3 rings (SSSR count). The average molecular weight is 388 g/mol. The normalized spacial score (nSPS) is 13.2.